The largest absolute Gasteiger partial charge is 0.335 e. The number of piperazine rings is 1. The third kappa shape index (κ3) is 2.74. The molecule has 6 heteroatoms. The summed E-state index contributed by atoms with van der Waals surface area (Å²) in [5, 5.41) is 0. The van der Waals surface area contributed by atoms with Gasteiger partial charge in [0.15, 0.2) is 0 Å². The second kappa shape index (κ2) is 6.42. The maximum atomic E-state index is 12.7. The van der Waals surface area contributed by atoms with Crippen molar-refractivity contribution in [1.82, 2.24) is 19.7 Å². The molecule has 0 spiro atoms. The fraction of sp³-hybridized carbons (Fsp3) is 0.611. The van der Waals surface area contributed by atoms with Crippen LogP contribution in [-0.4, -0.2) is 69.9 Å². The number of amides is 3. The van der Waals surface area contributed by atoms with E-state index in [1.54, 1.807) is 24.5 Å². The van der Waals surface area contributed by atoms with E-state index in [1.807, 2.05) is 9.80 Å². The van der Waals surface area contributed by atoms with Crippen molar-refractivity contribution in [2.24, 2.45) is 0 Å². The lowest BCUT2D eigenvalue weighted by Crippen LogP contribution is -2.53. The standard InChI is InChI=1S/C18H24N4O2/c23-17(14-5-4-8-19-11-14)20-9-10-21-16(12-20)13-22(18(21)24)15-6-2-1-3-7-15/h4-5,8,11,15-16H,1-3,6-7,9-10,12-13H2. The molecule has 3 amide bonds. The first-order valence-electron chi connectivity index (χ1n) is 9.00. The van der Waals surface area contributed by atoms with Crippen LogP contribution in [0, 0.1) is 0 Å². The third-order valence-corrected chi connectivity index (χ3v) is 5.59. The van der Waals surface area contributed by atoms with Gasteiger partial charge in [-0.1, -0.05) is 19.3 Å². The van der Waals surface area contributed by atoms with Gasteiger partial charge in [-0.3, -0.25) is 9.78 Å². The molecule has 0 radical (unpaired) electrons. The molecule has 0 bridgehead atoms. The number of fused-ring (bicyclic) bond motifs is 1. The van der Waals surface area contributed by atoms with Crippen molar-refractivity contribution in [2.45, 2.75) is 44.2 Å². The molecule has 6 nitrogen and oxygen atoms in total. The van der Waals surface area contributed by atoms with Crippen LogP contribution in [0.5, 0.6) is 0 Å². The molecule has 4 rings (SSSR count). The SMILES string of the molecule is O=C(c1cccnc1)N1CCN2C(=O)N(C3CCCCC3)CC2C1. The minimum absolute atomic E-state index is 0.0197. The maximum Gasteiger partial charge on any atom is 0.320 e. The average Bonchev–Trinajstić information content (AvgIpc) is 2.99. The highest BCUT2D eigenvalue weighted by Gasteiger charge is 2.44. The van der Waals surface area contributed by atoms with Gasteiger partial charge in [0.2, 0.25) is 0 Å². The molecule has 0 N–H and O–H groups in total. The van der Waals surface area contributed by atoms with Crippen molar-refractivity contribution in [2.75, 3.05) is 26.2 Å². The molecule has 2 saturated heterocycles. The molecule has 1 atom stereocenters. The molecule has 1 aromatic rings. The Morgan fingerprint density at radius 1 is 1.04 bits per heavy atom. The van der Waals surface area contributed by atoms with Crippen LogP contribution in [0.3, 0.4) is 0 Å². The summed E-state index contributed by atoms with van der Waals surface area (Å²) in [5.41, 5.74) is 0.624. The van der Waals surface area contributed by atoms with Crippen molar-refractivity contribution in [1.29, 1.82) is 0 Å². The first kappa shape index (κ1) is 15.4. The van der Waals surface area contributed by atoms with Gasteiger partial charge in [-0.05, 0) is 25.0 Å². The van der Waals surface area contributed by atoms with E-state index in [-0.39, 0.29) is 18.0 Å². The van der Waals surface area contributed by atoms with Gasteiger partial charge in [-0.2, -0.15) is 0 Å². The number of nitrogens with zero attached hydrogens (tertiary/aromatic N) is 4. The smallest absolute Gasteiger partial charge is 0.320 e. The van der Waals surface area contributed by atoms with Crippen LogP contribution < -0.4 is 0 Å². The number of aromatic nitrogens is 1. The monoisotopic (exact) mass is 328 g/mol. The van der Waals surface area contributed by atoms with E-state index >= 15 is 0 Å². The minimum Gasteiger partial charge on any atom is -0.335 e. The van der Waals surface area contributed by atoms with E-state index in [2.05, 4.69) is 9.88 Å². The average molecular weight is 328 g/mol. The van der Waals surface area contributed by atoms with E-state index in [0.717, 1.165) is 19.4 Å². The van der Waals surface area contributed by atoms with Gasteiger partial charge < -0.3 is 14.7 Å². The van der Waals surface area contributed by atoms with Crippen LogP contribution in [-0.2, 0) is 0 Å². The second-order valence-electron chi connectivity index (χ2n) is 7.07. The van der Waals surface area contributed by atoms with Crippen molar-refractivity contribution >= 4 is 11.9 Å². The Balaban J connectivity index is 1.44. The Hall–Kier alpha value is -2.11. The lowest BCUT2D eigenvalue weighted by atomic mass is 9.94. The molecule has 3 aliphatic rings. The highest BCUT2D eigenvalue weighted by Crippen LogP contribution is 2.29. The van der Waals surface area contributed by atoms with Crippen molar-refractivity contribution in [3.8, 4) is 0 Å². The van der Waals surface area contributed by atoms with Crippen molar-refractivity contribution in [3.63, 3.8) is 0 Å². The predicted octanol–water partition coefficient (Wildman–Crippen LogP) is 1.98. The predicted molar refractivity (Wildman–Crippen MR) is 89.6 cm³/mol. The lowest BCUT2D eigenvalue weighted by molar-refractivity contribution is 0.0616. The normalized spacial score (nSPS) is 25.1. The highest BCUT2D eigenvalue weighted by molar-refractivity contribution is 5.94. The van der Waals surface area contributed by atoms with Crippen molar-refractivity contribution < 1.29 is 9.59 Å². The number of urea groups is 1. The molecule has 2 aliphatic heterocycles. The first-order chi connectivity index (χ1) is 11.7. The quantitative estimate of drug-likeness (QED) is 0.834. The lowest BCUT2D eigenvalue weighted by Gasteiger charge is -2.36. The van der Waals surface area contributed by atoms with E-state index in [0.29, 0.717) is 31.2 Å². The van der Waals surface area contributed by atoms with Crippen LogP contribution in [0.4, 0.5) is 4.79 Å². The fourth-order valence-electron chi connectivity index (χ4n) is 4.29. The van der Waals surface area contributed by atoms with Gasteiger partial charge in [0.05, 0.1) is 11.6 Å². The molecule has 3 fully saturated rings. The number of rotatable bonds is 2. The van der Waals surface area contributed by atoms with Gasteiger partial charge in [-0.15, -0.1) is 0 Å². The zero-order chi connectivity index (χ0) is 16.5. The second-order valence-corrected chi connectivity index (χ2v) is 7.07. The van der Waals surface area contributed by atoms with Gasteiger partial charge in [-0.25, -0.2) is 4.79 Å². The maximum absolute atomic E-state index is 12.7. The summed E-state index contributed by atoms with van der Waals surface area (Å²) in [5.74, 6) is 0.0197. The Morgan fingerprint density at radius 2 is 1.88 bits per heavy atom. The summed E-state index contributed by atoms with van der Waals surface area (Å²) in [4.78, 5) is 35.3. The number of hydrogen-bond donors (Lipinski definition) is 0. The first-order valence-corrected chi connectivity index (χ1v) is 9.00. The van der Waals surface area contributed by atoms with Crippen LogP contribution in [0.2, 0.25) is 0 Å². The molecule has 1 aliphatic carbocycles. The molecule has 0 aromatic carbocycles. The van der Waals surface area contributed by atoms with Crippen molar-refractivity contribution in [3.05, 3.63) is 30.1 Å². The molecule has 128 valence electrons. The third-order valence-electron chi connectivity index (χ3n) is 5.59. The molecular formula is C18H24N4O2. The number of carbonyl (C=O) groups is 2. The van der Waals surface area contributed by atoms with Crippen LogP contribution in [0.25, 0.3) is 0 Å². The van der Waals surface area contributed by atoms with Gasteiger partial charge in [0.1, 0.15) is 0 Å². The zero-order valence-electron chi connectivity index (χ0n) is 13.9. The summed E-state index contributed by atoms with van der Waals surface area (Å²) in [6.07, 6.45) is 9.29. The summed E-state index contributed by atoms with van der Waals surface area (Å²) < 4.78 is 0. The van der Waals surface area contributed by atoms with Crippen LogP contribution in [0.1, 0.15) is 42.5 Å². The fourth-order valence-corrected chi connectivity index (χ4v) is 4.29. The number of carbonyl (C=O) groups excluding carboxylic acids is 2. The molecule has 1 unspecified atom stereocenters. The molecule has 24 heavy (non-hydrogen) atoms. The summed E-state index contributed by atoms with van der Waals surface area (Å²) >= 11 is 0. The molecule has 3 heterocycles. The van der Waals surface area contributed by atoms with E-state index in [4.69, 9.17) is 0 Å². The minimum atomic E-state index is 0.0197. The van der Waals surface area contributed by atoms with Gasteiger partial charge in [0, 0.05) is 44.6 Å². The Kier molecular flexibility index (Phi) is 4.12. The van der Waals surface area contributed by atoms with Gasteiger partial charge in [0.25, 0.3) is 5.91 Å². The topological polar surface area (TPSA) is 56.8 Å². The summed E-state index contributed by atoms with van der Waals surface area (Å²) in [7, 11) is 0. The van der Waals surface area contributed by atoms with E-state index < -0.39 is 0 Å². The number of pyridine rings is 1. The highest BCUT2D eigenvalue weighted by atomic mass is 16.2. The van der Waals surface area contributed by atoms with Crippen LogP contribution in [0.15, 0.2) is 24.5 Å². The molecular weight excluding hydrogens is 304 g/mol. The summed E-state index contributed by atoms with van der Waals surface area (Å²) in [6.45, 7) is 2.64. The summed E-state index contributed by atoms with van der Waals surface area (Å²) in [6, 6.07) is 4.30. The number of hydrogen-bond acceptors (Lipinski definition) is 3. The Bertz CT molecular complexity index is 615. The Labute approximate surface area is 142 Å². The van der Waals surface area contributed by atoms with Crippen LogP contribution >= 0.6 is 0 Å². The molecule has 1 aromatic heterocycles. The van der Waals surface area contributed by atoms with E-state index in [9.17, 15) is 9.59 Å². The van der Waals surface area contributed by atoms with E-state index in [1.165, 1.54) is 19.3 Å². The Morgan fingerprint density at radius 3 is 2.62 bits per heavy atom. The van der Waals surface area contributed by atoms with Gasteiger partial charge >= 0.3 is 6.03 Å². The zero-order valence-corrected chi connectivity index (χ0v) is 13.9. The molecule has 1 saturated carbocycles.